The van der Waals surface area contributed by atoms with Gasteiger partial charge in [0.1, 0.15) is 15.8 Å². The molecule has 0 radical (unpaired) electrons. The average Bonchev–Trinajstić information content (AvgIpc) is 3.14. The molecular weight excluding hydrogens is 428 g/mol. The quantitative estimate of drug-likeness (QED) is 0.337. The van der Waals surface area contributed by atoms with Crippen molar-refractivity contribution in [2.45, 2.75) is 12.4 Å². The number of benzene rings is 1. The molecule has 3 rings (SSSR count). The lowest BCUT2D eigenvalue weighted by atomic mass is 10.0. The van der Waals surface area contributed by atoms with E-state index in [-0.39, 0.29) is 34.0 Å². The van der Waals surface area contributed by atoms with Gasteiger partial charge in [-0.3, -0.25) is 9.69 Å². The minimum absolute atomic E-state index is 0.0416. The predicted molar refractivity (Wildman–Crippen MR) is 95.1 cm³/mol. The minimum Gasteiger partial charge on any atom is -0.457 e. The summed E-state index contributed by atoms with van der Waals surface area (Å²) in [5, 5.41) is 0. The second-order valence-electron chi connectivity index (χ2n) is 5.74. The highest BCUT2D eigenvalue weighted by Crippen LogP contribution is 2.39. The summed E-state index contributed by atoms with van der Waals surface area (Å²) in [6.45, 7) is 0. The maximum Gasteiger partial charge on any atom is 0.416 e. The van der Waals surface area contributed by atoms with Gasteiger partial charge in [-0.2, -0.15) is 26.3 Å². The SMILES string of the molecule is CN1C(=O)C(=Cc2ccc(-c3cc(C(F)(F)F)cc(C(F)(F)F)c3)o2)SC1=S. The van der Waals surface area contributed by atoms with Crippen molar-refractivity contribution in [1.82, 2.24) is 4.90 Å². The zero-order chi connectivity index (χ0) is 20.9. The number of thioether (sulfide) groups is 1. The molecular formula is C17H9F6NO2S2. The van der Waals surface area contributed by atoms with Crippen molar-refractivity contribution >= 4 is 40.3 Å². The first kappa shape index (κ1) is 20.5. The second kappa shape index (κ2) is 6.96. The Kier molecular flexibility index (Phi) is 5.09. The molecule has 0 unspecified atom stereocenters. The zero-order valence-corrected chi connectivity index (χ0v) is 15.4. The van der Waals surface area contributed by atoms with Crippen LogP contribution in [0.1, 0.15) is 16.9 Å². The first-order valence-corrected chi connectivity index (χ1v) is 8.70. The van der Waals surface area contributed by atoms with E-state index < -0.39 is 23.5 Å². The lowest BCUT2D eigenvalue weighted by Crippen LogP contribution is -2.22. The maximum absolute atomic E-state index is 13.0. The number of furan rings is 1. The topological polar surface area (TPSA) is 33.5 Å². The Morgan fingerprint density at radius 3 is 2.07 bits per heavy atom. The molecule has 1 saturated heterocycles. The largest absolute Gasteiger partial charge is 0.457 e. The van der Waals surface area contributed by atoms with E-state index >= 15 is 0 Å². The number of halogens is 6. The number of rotatable bonds is 2. The maximum atomic E-state index is 13.0. The van der Waals surface area contributed by atoms with E-state index in [0.29, 0.717) is 16.5 Å². The van der Waals surface area contributed by atoms with E-state index in [1.54, 1.807) is 0 Å². The summed E-state index contributed by atoms with van der Waals surface area (Å²) in [6, 6.07) is 3.76. The van der Waals surface area contributed by atoms with Crippen LogP contribution in [0.3, 0.4) is 0 Å². The summed E-state index contributed by atoms with van der Waals surface area (Å²) in [5.41, 5.74) is -3.27. The molecule has 1 aliphatic rings. The smallest absolute Gasteiger partial charge is 0.416 e. The van der Waals surface area contributed by atoms with Crippen molar-refractivity contribution in [1.29, 1.82) is 0 Å². The van der Waals surface area contributed by atoms with Crippen LogP contribution in [0.5, 0.6) is 0 Å². The van der Waals surface area contributed by atoms with E-state index in [1.165, 1.54) is 30.2 Å². The third kappa shape index (κ3) is 4.09. The zero-order valence-electron chi connectivity index (χ0n) is 13.8. The van der Waals surface area contributed by atoms with E-state index in [0.717, 1.165) is 11.8 Å². The Balaban J connectivity index is 2.01. The minimum atomic E-state index is -4.96. The molecule has 28 heavy (non-hydrogen) atoms. The van der Waals surface area contributed by atoms with Crippen molar-refractivity contribution < 1.29 is 35.6 Å². The highest BCUT2D eigenvalue weighted by Gasteiger charge is 2.37. The number of amides is 1. The third-order valence-electron chi connectivity index (χ3n) is 3.76. The number of thiocarbonyl (C=S) groups is 1. The molecule has 11 heteroatoms. The number of carbonyl (C=O) groups excluding carboxylic acids is 1. The third-order valence-corrected chi connectivity index (χ3v) is 5.24. The first-order chi connectivity index (χ1) is 12.9. The fourth-order valence-corrected chi connectivity index (χ4v) is 3.52. The highest BCUT2D eigenvalue weighted by atomic mass is 32.2. The number of alkyl halides is 6. The molecule has 1 aromatic carbocycles. The number of hydrogen-bond donors (Lipinski definition) is 0. The molecule has 2 aromatic rings. The van der Waals surface area contributed by atoms with Crippen LogP contribution >= 0.6 is 24.0 Å². The van der Waals surface area contributed by atoms with Crippen molar-refractivity contribution in [3.63, 3.8) is 0 Å². The molecule has 1 aliphatic heterocycles. The van der Waals surface area contributed by atoms with Crippen LogP contribution in [0.15, 0.2) is 39.7 Å². The van der Waals surface area contributed by atoms with Crippen LogP contribution in [0, 0.1) is 0 Å². The summed E-state index contributed by atoms with van der Waals surface area (Å²) in [4.78, 5) is 13.4. The molecule has 3 nitrogen and oxygen atoms in total. The van der Waals surface area contributed by atoms with Crippen molar-refractivity contribution in [2.75, 3.05) is 7.05 Å². The summed E-state index contributed by atoms with van der Waals surface area (Å²) in [6.07, 6.45) is -8.59. The Morgan fingerprint density at radius 1 is 1.04 bits per heavy atom. The molecule has 0 spiro atoms. The van der Waals surface area contributed by atoms with Crippen molar-refractivity contribution in [2.24, 2.45) is 0 Å². The molecule has 0 aliphatic carbocycles. The lowest BCUT2D eigenvalue weighted by Gasteiger charge is -2.13. The van der Waals surface area contributed by atoms with Crippen LogP contribution in [-0.4, -0.2) is 22.2 Å². The summed E-state index contributed by atoms with van der Waals surface area (Å²) >= 11 is 5.98. The van der Waals surface area contributed by atoms with Crippen molar-refractivity contribution in [3.8, 4) is 11.3 Å². The monoisotopic (exact) mass is 437 g/mol. The summed E-state index contributed by atoms with van der Waals surface area (Å²) in [5.74, 6) is -0.490. The molecule has 0 bridgehead atoms. The Hall–Kier alpha value is -2.27. The van der Waals surface area contributed by atoms with E-state index in [4.69, 9.17) is 16.6 Å². The predicted octanol–water partition coefficient (Wildman–Crippen LogP) is 5.82. The average molecular weight is 437 g/mol. The fraction of sp³-hybridized carbons (Fsp3) is 0.176. The molecule has 148 valence electrons. The lowest BCUT2D eigenvalue weighted by molar-refractivity contribution is -0.143. The molecule has 0 N–H and O–H groups in total. The van der Waals surface area contributed by atoms with Gasteiger partial charge in [-0.05, 0) is 30.3 Å². The Bertz CT molecular complexity index is 958. The number of carbonyl (C=O) groups is 1. The van der Waals surface area contributed by atoms with Crippen LogP contribution in [0.4, 0.5) is 26.3 Å². The van der Waals surface area contributed by atoms with Gasteiger partial charge in [0.05, 0.1) is 16.0 Å². The van der Waals surface area contributed by atoms with Gasteiger partial charge in [-0.25, -0.2) is 0 Å². The molecule has 0 atom stereocenters. The fourth-order valence-electron chi connectivity index (χ4n) is 2.36. The van der Waals surface area contributed by atoms with Gasteiger partial charge in [0.15, 0.2) is 0 Å². The molecule has 1 fully saturated rings. The molecule has 2 heterocycles. The van der Waals surface area contributed by atoms with Gasteiger partial charge in [-0.1, -0.05) is 24.0 Å². The molecule has 1 amide bonds. The van der Waals surface area contributed by atoms with Crippen LogP contribution in [0.2, 0.25) is 0 Å². The van der Waals surface area contributed by atoms with Gasteiger partial charge in [0.25, 0.3) is 5.91 Å². The second-order valence-corrected chi connectivity index (χ2v) is 7.41. The van der Waals surface area contributed by atoms with Gasteiger partial charge in [0.2, 0.25) is 0 Å². The number of likely N-dealkylation sites (N-methyl/N-ethyl adjacent to an activating group) is 1. The Morgan fingerprint density at radius 2 is 1.61 bits per heavy atom. The normalized spacial score (nSPS) is 17.1. The van der Waals surface area contributed by atoms with Gasteiger partial charge in [-0.15, -0.1) is 0 Å². The first-order valence-electron chi connectivity index (χ1n) is 7.47. The number of nitrogens with zero attached hydrogens (tertiary/aromatic N) is 1. The van der Waals surface area contributed by atoms with E-state index in [2.05, 4.69) is 0 Å². The van der Waals surface area contributed by atoms with Crippen molar-refractivity contribution in [3.05, 3.63) is 52.1 Å². The molecule has 0 saturated carbocycles. The Labute approximate surface area is 164 Å². The van der Waals surface area contributed by atoms with E-state index in [9.17, 15) is 31.1 Å². The van der Waals surface area contributed by atoms with Crippen LogP contribution in [-0.2, 0) is 17.1 Å². The van der Waals surface area contributed by atoms with Gasteiger partial charge >= 0.3 is 12.4 Å². The van der Waals surface area contributed by atoms with Gasteiger partial charge < -0.3 is 4.42 Å². The van der Waals surface area contributed by atoms with Crippen LogP contribution < -0.4 is 0 Å². The molecule has 1 aromatic heterocycles. The van der Waals surface area contributed by atoms with Crippen LogP contribution in [0.25, 0.3) is 17.4 Å². The van der Waals surface area contributed by atoms with E-state index in [1.807, 2.05) is 0 Å². The van der Waals surface area contributed by atoms with Gasteiger partial charge in [0, 0.05) is 18.7 Å². The standard InChI is InChI=1S/C17H9F6NO2S2/c1-24-14(25)13(28-15(24)27)7-11-2-3-12(26-11)8-4-9(16(18,19)20)6-10(5-8)17(21,22)23/h2-7H,1H3. The number of hydrogen-bond acceptors (Lipinski definition) is 4. The summed E-state index contributed by atoms with van der Waals surface area (Å²) < 4.78 is 83.5. The summed E-state index contributed by atoms with van der Waals surface area (Å²) in [7, 11) is 1.48. The highest BCUT2D eigenvalue weighted by molar-refractivity contribution is 8.26.